The molecule has 1 heterocycles. The van der Waals surface area contributed by atoms with Gasteiger partial charge < -0.3 is 0 Å². The normalized spacial score (nSPS) is 10.8. The molecule has 0 radical (unpaired) electrons. The van der Waals surface area contributed by atoms with Crippen LogP contribution in [0.1, 0.15) is 19.0 Å². The topological polar surface area (TPSA) is 26.9 Å². The van der Waals surface area contributed by atoms with E-state index in [1.165, 1.54) is 0 Å². The Morgan fingerprint density at radius 3 is 2.65 bits per heavy atom. The maximum Gasteiger partial charge on any atom is 0.332 e. The van der Waals surface area contributed by atoms with Crippen LogP contribution in [0.3, 0.4) is 0 Å². The molecule has 0 aliphatic heterocycles. The van der Waals surface area contributed by atoms with Gasteiger partial charge in [-0.05, 0) is 25.5 Å². The second-order valence-corrected chi connectivity index (χ2v) is 4.55. The molecule has 0 unspecified atom stereocenters. The summed E-state index contributed by atoms with van der Waals surface area (Å²) in [4.78, 5) is 13.0. The molecule has 0 amide bonds. The molecule has 0 saturated heterocycles. The van der Waals surface area contributed by atoms with Gasteiger partial charge in [0.25, 0.3) is 0 Å². The Labute approximate surface area is 106 Å². The summed E-state index contributed by atoms with van der Waals surface area (Å²) >= 11 is 4.38. The number of hydrogen-bond donors (Lipinski definition) is 1. The van der Waals surface area contributed by atoms with E-state index in [-0.39, 0.29) is 5.69 Å². The highest BCUT2D eigenvalue weighted by Gasteiger charge is 2.10. The molecule has 0 fully saturated rings. The number of aromatic nitrogens is 2. The van der Waals surface area contributed by atoms with Gasteiger partial charge in [0, 0.05) is 23.3 Å². The Bertz CT molecular complexity index is 583. The van der Waals surface area contributed by atoms with Gasteiger partial charge in [0.15, 0.2) is 0 Å². The molecular weight excluding hydrogens is 232 g/mol. The molecule has 0 spiro atoms. The third-order valence-corrected chi connectivity index (χ3v) is 3.15. The summed E-state index contributed by atoms with van der Waals surface area (Å²) in [7, 11) is 0. The van der Waals surface area contributed by atoms with Crippen molar-refractivity contribution in [2.75, 3.05) is 0 Å². The molecule has 2 rings (SSSR count). The van der Waals surface area contributed by atoms with E-state index in [1.54, 1.807) is 9.13 Å². The molecule has 0 saturated carbocycles. The summed E-state index contributed by atoms with van der Waals surface area (Å²) in [6.07, 6.45) is 2.82. The lowest BCUT2D eigenvalue weighted by Gasteiger charge is -2.04. The largest absolute Gasteiger partial charge is 0.332 e. The fraction of sp³-hybridized carbons (Fsp3) is 0.308. The first-order chi connectivity index (χ1) is 8.15. The standard InChI is InChI=1S/C13H16N2OS/c1-3-8-14-10(2)9-15(13(14)16)11-6-4-5-7-12(11)17/h4-7,9,17H,3,8H2,1-2H3. The lowest BCUT2D eigenvalue weighted by molar-refractivity contribution is 0.632. The van der Waals surface area contributed by atoms with Gasteiger partial charge >= 0.3 is 5.69 Å². The molecule has 17 heavy (non-hydrogen) atoms. The van der Waals surface area contributed by atoms with E-state index in [1.807, 2.05) is 37.4 Å². The number of benzene rings is 1. The molecule has 0 bridgehead atoms. The fourth-order valence-electron chi connectivity index (χ4n) is 1.93. The van der Waals surface area contributed by atoms with Crippen LogP contribution in [0.25, 0.3) is 5.69 Å². The van der Waals surface area contributed by atoms with Crippen LogP contribution in [-0.4, -0.2) is 9.13 Å². The molecule has 2 aromatic rings. The summed E-state index contributed by atoms with van der Waals surface area (Å²) in [5.41, 5.74) is 1.82. The SMILES string of the molecule is CCCn1c(C)cn(-c2ccccc2S)c1=O. The van der Waals surface area contributed by atoms with Crippen molar-refractivity contribution in [3.05, 3.63) is 46.6 Å². The Hall–Kier alpha value is -1.42. The summed E-state index contributed by atoms with van der Waals surface area (Å²) in [6.45, 7) is 4.77. The molecule has 90 valence electrons. The average molecular weight is 248 g/mol. The Morgan fingerprint density at radius 1 is 1.29 bits per heavy atom. The summed E-state index contributed by atoms with van der Waals surface area (Å²) in [6, 6.07) is 7.61. The van der Waals surface area contributed by atoms with E-state index in [4.69, 9.17) is 0 Å². The molecule has 4 heteroatoms. The van der Waals surface area contributed by atoms with E-state index in [0.29, 0.717) is 0 Å². The second kappa shape index (κ2) is 4.84. The Kier molecular flexibility index (Phi) is 3.43. The van der Waals surface area contributed by atoms with E-state index >= 15 is 0 Å². The first-order valence-electron chi connectivity index (χ1n) is 5.72. The van der Waals surface area contributed by atoms with Crippen LogP contribution in [0.2, 0.25) is 0 Å². The molecule has 0 aliphatic carbocycles. The van der Waals surface area contributed by atoms with E-state index < -0.39 is 0 Å². The highest BCUT2D eigenvalue weighted by atomic mass is 32.1. The quantitative estimate of drug-likeness (QED) is 0.831. The van der Waals surface area contributed by atoms with Crippen molar-refractivity contribution < 1.29 is 0 Å². The van der Waals surface area contributed by atoms with Crippen molar-refractivity contribution in [1.82, 2.24) is 9.13 Å². The van der Waals surface area contributed by atoms with Gasteiger partial charge in [-0.15, -0.1) is 12.6 Å². The second-order valence-electron chi connectivity index (χ2n) is 4.06. The van der Waals surface area contributed by atoms with Gasteiger partial charge in [-0.2, -0.15) is 0 Å². The van der Waals surface area contributed by atoms with Crippen LogP contribution >= 0.6 is 12.6 Å². The Balaban J connectivity index is 2.58. The molecular formula is C13H16N2OS. The highest BCUT2D eigenvalue weighted by molar-refractivity contribution is 7.80. The summed E-state index contributed by atoms with van der Waals surface area (Å²) in [5, 5.41) is 0. The monoisotopic (exact) mass is 248 g/mol. The van der Waals surface area contributed by atoms with Gasteiger partial charge in [0.1, 0.15) is 0 Å². The van der Waals surface area contributed by atoms with Crippen LogP contribution in [0.5, 0.6) is 0 Å². The molecule has 0 aliphatic rings. The zero-order chi connectivity index (χ0) is 12.4. The molecule has 0 atom stereocenters. The molecule has 3 nitrogen and oxygen atoms in total. The molecule has 1 aromatic carbocycles. The third-order valence-electron chi connectivity index (χ3n) is 2.77. The van der Waals surface area contributed by atoms with Crippen molar-refractivity contribution in [2.45, 2.75) is 31.7 Å². The van der Waals surface area contributed by atoms with E-state index in [9.17, 15) is 4.79 Å². The van der Waals surface area contributed by atoms with Crippen molar-refractivity contribution >= 4 is 12.6 Å². The van der Waals surface area contributed by atoms with Gasteiger partial charge in [-0.3, -0.25) is 9.13 Å². The number of hydrogen-bond acceptors (Lipinski definition) is 2. The minimum atomic E-state index is 0.00542. The smallest absolute Gasteiger partial charge is 0.296 e. The first-order valence-corrected chi connectivity index (χ1v) is 6.17. The van der Waals surface area contributed by atoms with E-state index in [0.717, 1.165) is 29.2 Å². The number of thiol groups is 1. The van der Waals surface area contributed by atoms with Crippen LogP contribution in [0, 0.1) is 6.92 Å². The number of aryl methyl sites for hydroxylation is 1. The van der Waals surface area contributed by atoms with Crippen molar-refractivity contribution in [1.29, 1.82) is 0 Å². The lowest BCUT2D eigenvalue weighted by Crippen LogP contribution is -2.23. The van der Waals surface area contributed by atoms with E-state index in [2.05, 4.69) is 19.6 Å². The molecule has 1 aromatic heterocycles. The number of nitrogens with zero attached hydrogens (tertiary/aromatic N) is 2. The predicted molar refractivity (Wildman–Crippen MR) is 72.3 cm³/mol. The van der Waals surface area contributed by atoms with Crippen molar-refractivity contribution in [3.63, 3.8) is 0 Å². The lowest BCUT2D eigenvalue weighted by atomic mass is 10.3. The predicted octanol–water partition coefficient (Wildman–Crippen LogP) is 2.65. The molecule has 0 N–H and O–H groups in total. The van der Waals surface area contributed by atoms with Crippen LogP contribution < -0.4 is 5.69 Å². The van der Waals surface area contributed by atoms with Crippen LogP contribution in [-0.2, 0) is 6.54 Å². The maximum absolute atomic E-state index is 12.2. The van der Waals surface area contributed by atoms with Crippen molar-refractivity contribution in [3.8, 4) is 5.69 Å². The number of imidazole rings is 1. The highest BCUT2D eigenvalue weighted by Crippen LogP contribution is 2.17. The van der Waals surface area contributed by atoms with Crippen LogP contribution in [0.15, 0.2) is 40.2 Å². The minimum absolute atomic E-state index is 0.00542. The average Bonchev–Trinajstić information content (AvgIpc) is 2.58. The zero-order valence-electron chi connectivity index (χ0n) is 10.1. The van der Waals surface area contributed by atoms with Gasteiger partial charge in [-0.1, -0.05) is 19.1 Å². The minimum Gasteiger partial charge on any atom is -0.296 e. The van der Waals surface area contributed by atoms with Gasteiger partial charge in [0.05, 0.1) is 5.69 Å². The number of para-hydroxylation sites is 1. The fourth-order valence-corrected chi connectivity index (χ4v) is 2.20. The summed E-state index contributed by atoms with van der Waals surface area (Å²) in [5.74, 6) is 0. The van der Waals surface area contributed by atoms with Gasteiger partial charge in [-0.25, -0.2) is 4.79 Å². The van der Waals surface area contributed by atoms with Crippen LogP contribution in [0.4, 0.5) is 0 Å². The van der Waals surface area contributed by atoms with Crippen molar-refractivity contribution in [2.24, 2.45) is 0 Å². The first kappa shape index (κ1) is 12.0. The Morgan fingerprint density at radius 2 is 2.00 bits per heavy atom. The summed E-state index contributed by atoms with van der Waals surface area (Å²) < 4.78 is 3.45. The number of rotatable bonds is 3. The maximum atomic E-state index is 12.2. The zero-order valence-corrected chi connectivity index (χ0v) is 10.9. The van der Waals surface area contributed by atoms with Gasteiger partial charge in [0.2, 0.25) is 0 Å². The third kappa shape index (κ3) is 2.17.